The Kier molecular flexibility index (Phi) is 4.60. The molecule has 0 aliphatic heterocycles. The molecule has 0 bridgehead atoms. The van der Waals surface area contributed by atoms with E-state index in [0.29, 0.717) is 15.6 Å². The van der Waals surface area contributed by atoms with Gasteiger partial charge >= 0.3 is 0 Å². The van der Waals surface area contributed by atoms with Crippen molar-refractivity contribution in [3.8, 4) is 0 Å². The van der Waals surface area contributed by atoms with Crippen LogP contribution < -0.4 is 10.6 Å². The molecule has 5 heteroatoms. The molecule has 1 amide bonds. The molecule has 0 saturated carbocycles. The summed E-state index contributed by atoms with van der Waals surface area (Å²) in [4.78, 5) is 14.5. The van der Waals surface area contributed by atoms with Crippen LogP contribution in [0.2, 0.25) is 5.02 Å². The van der Waals surface area contributed by atoms with Crippen LogP contribution in [0.4, 0.5) is 5.69 Å². The van der Waals surface area contributed by atoms with E-state index in [4.69, 9.17) is 29.6 Å². The lowest BCUT2D eigenvalue weighted by Crippen LogP contribution is -2.27. The average molecular weight is 319 g/mol. The highest BCUT2D eigenvalue weighted by Gasteiger charge is 2.17. The van der Waals surface area contributed by atoms with Gasteiger partial charge in [-0.25, -0.2) is 0 Å². The monoisotopic (exact) mass is 318 g/mol. The number of thiocarbonyl (C=S) groups is 1. The van der Waals surface area contributed by atoms with Crippen LogP contribution in [-0.2, 0) is 0 Å². The van der Waals surface area contributed by atoms with Crippen molar-refractivity contribution in [3.05, 3.63) is 64.2 Å². The lowest BCUT2D eigenvalue weighted by atomic mass is 10.1. The van der Waals surface area contributed by atoms with Crippen LogP contribution in [0, 0.1) is 6.92 Å². The van der Waals surface area contributed by atoms with E-state index in [0.717, 1.165) is 16.8 Å². The molecule has 0 aliphatic rings. The molecule has 0 aliphatic carbocycles. The van der Waals surface area contributed by atoms with Gasteiger partial charge in [0.25, 0.3) is 5.91 Å². The van der Waals surface area contributed by atoms with Gasteiger partial charge in [0, 0.05) is 28.9 Å². The van der Waals surface area contributed by atoms with Crippen molar-refractivity contribution < 1.29 is 4.79 Å². The summed E-state index contributed by atoms with van der Waals surface area (Å²) in [5.41, 5.74) is 8.42. The number of rotatable bonds is 3. The standard InChI is InChI=1S/C16H15ClN2OS/c1-10-13(7-4-8-14(10)17)16(20)19(2)12-6-3-5-11(9-12)15(18)21/h3-9H,1-2H3,(H2,18,21). The molecule has 2 rings (SSSR count). The average Bonchev–Trinajstić information content (AvgIpc) is 2.48. The zero-order valence-electron chi connectivity index (χ0n) is 11.8. The van der Waals surface area contributed by atoms with Gasteiger partial charge in [-0.1, -0.05) is 42.0 Å². The fourth-order valence-corrected chi connectivity index (χ4v) is 2.31. The van der Waals surface area contributed by atoms with E-state index in [1.807, 2.05) is 25.1 Å². The molecule has 0 heterocycles. The van der Waals surface area contributed by atoms with Crippen LogP contribution in [0.15, 0.2) is 42.5 Å². The number of amides is 1. The number of hydrogen-bond acceptors (Lipinski definition) is 2. The van der Waals surface area contributed by atoms with Crippen molar-refractivity contribution in [3.63, 3.8) is 0 Å². The van der Waals surface area contributed by atoms with E-state index < -0.39 is 0 Å². The first-order chi connectivity index (χ1) is 9.91. The van der Waals surface area contributed by atoms with Crippen molar-refractivity contribution in [1.29, 1.82) is 0 Å². The predicted octanol–water partition coefficient (Wildman–Crippen LogP) is 3.56. The predicted molar refractivity (Wildman–Crippen MR) is 91.3 cm³/mol. The molecule has 108 valence electrons. The van der Waals surface area contributed by atoms with Gasteiger partial charge in [-0.2, -0.15) is 0 Å². The maximum Gasteiger partial charge on any atom is 0.258 e. The quantitative estimate of drug-likeness (QED) is 0.880. The molecular formula is C16H15ClN2OS. The van der Waals surface area contributed by atoms with E-state index in [2.05, 4.69) is 0 Å². The summed E-state index contributed by atoms with van der Waals surface area (Å²) < 4.78 is 0. The SMILES string of the molecule is Cc1c(Cl)cccc1C(=O)N(C)c1cccc(C(N)=S)c1. The van der Waals surface area contributed by atoms with Gasteiger partial charge in [0.05, 0.1) is 0 Å². The molecule has 0 aromatic heterocycles. The molecule has 2 aromatic rings. The first kappa shape index (κ1) is 15.5. The summed E-state index contributed by atoms with van der Waals surface area (Å²) in [5, 5.41) is 0.575. The van der Waals surface area contributed by atoms with Crippen molar-refractivity contribution in [2.24, 2.45) is 5.73 Å². The smallest absolute Gasteiger partial charge is 0.258 e. The van der Waals surface area contributed by atoms with Crippen LogP contribution in [0.3, 0.4) is 0 Å². The Morgan fingerprint density at radius 2 is 1.90 bits per heavy atom. The minimum absolute atomic E-state index is 0.130. The number of hydrogen-bond donors (Lipinski definition) is 1. The molecular weight excluding hydrogens is 304 g/mol. The lowest BCUT2D eigenvalue weighted by molar-refractivity contribution is 0.0992. The number of carbonyl (C=O) groups is 1. The molecule has 2 N–H and O–H groups in total. The van der Waals surface area contributed by atoms with Gasteiger partial charge in [-0.05, 0) is 36.8 Å². The Balaban J connectivity index is 2.37. The summed E-state index contributed by atoms with van der Waals surface area (Å²) in [7, 11) is 1.71. The lowest BCUT2D eigenvalue weighted by Gasteiger charge is -2.19. The van der Waals surface area contributed by atoms with Gasteiger partial charge in [-0.15, -0.1) is 0 Å². The van der Waals surface area contributed by atoms with Gasteiger partial charge in [0.15, 0.2) is 0 Å². The van der Waals surface area contributed by atoms with E-state index in [1.165, 1.54) is 0 Å². The minimum atomic E-state index is -0.130. The number of benzene rings is 2. The van der Waals surface area contributed by atoms with Crippen molar-refractivity contribution >= 4 is 40.4 Å². The number of halogens is 1. The van der Waals surface area contributed by atoms with E-state index in [-0.39, 0.29) is 5.91 Å². The van der Waals surface area contributed by atoms with Crippen molar-refractivity contribution in [1.82, 2.24) is 0 Å². The second-order valence-corrected chi connectivity index (χ2v) is 5.54. The molecule has 0 atom stereocenters. The molecule has 0 spiro atoms. The number of nitrogens with two attached hydrogens (primary N) is 1. The third-order valence-electron chi connectivity index (χ3n) is 3.32. The number of carbonyl (C=O) groups excluding carboxylic acids is 1. The molecule has 0 radical (unpaired) electrons. The van der Waals surface area contributed by atoms with Crippen LogP contribution in [-0.4, -0.2) is 17.9 Å². The zero-order chi connectivity index (χ0) is 15.6. The Morgan fingerprint density at radius 3 is 2.57 bits per heavy atom. The summed E-state index contributed by atoms with van der Waals surface area (Å²) in [5.74, 6) is -0.130. The summed E-state index contributed by atoms with van der Waals surface area (Å²) >= 11 is 11.0. The van der Waals surface area contributed by atoms with Crippen LogP contribution in [0.25, 0.3) is 0 Å². The third-order valence-corrected chi connectivity index (χ3v) is 3.97. The van der Waals surface area contributed by atoms with Gasteiger partial charge in [0.1, 0.15) is 4.99 Å². The second-order valence-electron chi connectivity index (χ2n) is 4.69. The van der Waals surface area contributed by atoms with Crippen molar-refractivity contribution in [2.75, 3.05) is 11.9 Å². The van der Waals surface area contributed by atoms with Crippen LogP contribution in [0.1, 0.15) is 21.5 Å². The molecule has 3 nitrogen and oxygen atoms in total. The highest BCUT2D eigenvalue weighted by atomic mass is 35.5. The highest BCUT2D eigenvalue weighted by Crippen LogP contribution is 2.23. The number of nitrogens with zero attached hydrogens (tertiary/aromatic N) is 1. The Morgan fingerprint density at radius 1 is 1.24 bits per heavy atom. The largest absolute Gasteiger partial charge is 0.389 e. The van der Waals surface area contributed by atoms with Gasteiger partial charge in [-0.3, -0.25) is 4.79 Å². The Hall–Kier alpha value is -1.91. The van der Waals surface area contributed by atoms with Crippen LogP contribution in [0.5, 0.6) is 0 Å². The Bertz CT molecular complexity index is 715. The fraction of sp³-hybridized carbons (Fsp3) is 0.125. The van der Waals surface area contributed by atoms with E-state index in [9.17, 15) is 4.79 Å². The zero-order valence-corrected chi connectivity index (χ0v) is 13.3. The summed E-state index contributed by atoms with van der Waals surface area (Å²) in [6.07, 6.45) is 0. The molecule has 0 unspecified atom stereocenters. The molecule has 2 aromatic carbocycles. The number of anilines is 1. The van der Waals surface area contributed by atoms with E-state index in [1.54, 1.807) is 36.2 Å². The molecule has 0 saturated heterocycles. The molecule has 21 heavy (non-hydrogen) atoms. The van der Waals surface area contributed by atoms with Crippen LogP contribution >= 0.6 is 23.8 Å². The van der Waals surface area contributed by atoms with Gasteiger partial charge < -0.3 is 10.6 Å². The maximum absolute atomic E-state index is 12.6. The fourth-order valence-electron chi connectivity index (χ4n) is 2.00. The Labute approximate surface area is 134 Å². The van der Waals surface area contributed by atoms with E-state index >= 15 is 0 Å². The molecule has 0 fully saturated rings. The maximum atomic E-state index is 12.6. The third kappa shape index (κ3) is 3.23. The second kappa shape index (κ2) is 6.24. The summed E-state index contributed by atoms with van der Waals surface area (Å²) in [6.45, 7) is 1.83. The normalized spacial score (nSPS) is 10.2. The highest BCUT2D eigenvalue weighted by molar-refractivity contribution is 7.80. The van der Waals surface area contributed by atoms with Crippen molar-refractivity contribution in [2.45, 2.75) is 6.92 Å². The summed E-state index contributed by atoms with van der Waals surface area (Å²) in [6, 6.07) is 12.5. The topological polar surface area (TPSA) is 46.3 Å². The first-order valence-electron chi connectivity index (χ1n) is 6.35. The first-order valence-corrected chi connectivity index (χ1v) is 7.13. The van der Waals surface area contributed by atoms with Gasteiger partial charge in [0.2, 0.25) is 0 Å². The minimum Gasteiger partial charge on any atom is -0.389 e.